The van der Waals surface area contributed by atoms with Crippen molar-refractivity contribution < 1.29 is 8.42 Å². The van der Waals surface area contributed by atoms with Gasteiger partial charge in [-0.25, -0.2) is 8.42 Å². The molecule has 3 nitrogen and oxygen atoms in total. The highest BCUT2D eigenvalue weighted by Gasteiger charge is 2.21. The van der Waals surface area contributed by atoms with Gasteiger partial charge in [-0.1, -0.05) is 32.9 Å². The fourth-order valence-electron chi connectivity index (χ4n) is 2.10. The summed E-state index contributed by atoms with van der Waals surface area (Å²) in [5, 5.41) is 0. The number of nitrogens with zero attached hydrogens (tertiary/aromatic N) is 1. The van der Waals surface area contributed by atoms with Crippen molar-refractivity contribution in [3.05, 3.63) is 29.3 Å². The van der Waals surface area contributed by atoms with Crippen LogP contribution in [0.4, 0.5) is 5.69 Å². The number of benzene rings is 1. The zero-order chi connectivity index (χ0) is 13.6. The second kappa shape index (κ2) is 4.19. The summed E-state index contributed by atoms with van der Waals surface area (Å²) in [4.78, 5) is 4.45. The summed E-state index contributed by atoms with van der Waals surface area (Å²) >= 11 is 0. The number of aliphatic imine (C=N–C) groups is 1. The normalized spacial score (nSPS) is 15.4. The maximum atomic E-state index is 11.3. The van der Waals surface area contributed by atoms with E-state index < -0.39 is 9.84 Å². The molecule has 1 aliphatic rings. The molecule has 1 aromatic carbocycles. The number of hydrogen-bond donors (Lipinski definition) is 0. The molecule has 0 spiro atoms. The third-order valence-corrected chi connectivity index (χ3v) is 3.91. The minimum atomic E-state index is -2.99. The van der Waals surface area contributed by atoms with Gasteiger partial charge in [-0.15, -0.1) is 0 Å². The van der Waals surface area contributed by atoms with Crippen molar-refractivity contribution in [2.75, 3.05) is 12.0 Å². The van der Waals surface area contributed by atoms with E-state index in [1.807, 2.05) is 0 Å². The molecule has 0 radical (unpaired) electrons. The molecular formula is C14H19NO2S. The van der Waals surface area contributed by atoms with Gasteiger partial charge in [0.25, 0.3) is 0 Å². The fourth-order valence-corrected chi connectivity index (χ4v) is 2.87. The molecule has 4 heteroatoms. The van der Waals surface area contributed by atoms with Gasteiger partial charge in [-0.2, -0.15) is 0 Å². The van der Waals surface area contributed by atoms with Crippen LogP contribution in [-0.2, 0) is 21.7 Å². The monoisotopic (exact) mass is 265 g/mol. The maximum Gasteiger partial charge on any atom is 0.152 e. The zero-order valence-corrected chi connectivity index (χ0v) is 12.1. The molecule has 0 amide bonds. The average Bonchev–Trinajstić information content (AvgIpc) is 2.53. The lowest BCUT2D eigenvalue weighted by atomic mass is 9.86. The Labute approximate surface area is 109 Å². The number of fused-ring (bicyclic) bond motifs is 1. The van der Waals surface area contributed by atoms with Gasteiger partial charge in [0, 0.05) is 18.4 Å². The first-order chi connectivity index (χ1) is 8.15. The molecule has 0 aliphatic carbocycles. The van der Waals surface area contributed by atoms with E-state index in [2.05, 4.69) is 44.0 Å². The molecule has 0 fully saturated rings. The highest BCUT2D eigenvalue weighted by Crippen LogP contribution is 2.32. The van der Waals surface area contributed by atoms with Crippen molar-refractivity contribution in [1.29, 1.82) is 0 Å². The molecule has 0 N–H and O–H groups in total. The van der Waals surface area contributed by atoms with E-state index in [1.165, 1.54) is 11.8 Å². The Hall–Kier alpha value is -1.16. The van der Waals surface area contributed by atoms with Crippen LogP contribution in [0, 0.1) is 0 Å². The average molecular weight is 265 g/mol. The van der Waals surface area contributed by atoms with Gasteiger partial charge < -0.3 is 0 Å². The Kier molecular flexibility index (Phi) is 3.09. The summed E-state index contributed by atoms with van der Waals surface area (Å²) in [5.41, 5.74) is 4.12. The van der Waals surface area contributed by atoms with E-state index in [9.17, 15) is 8.42 Å². The third-order valence-electron chi connectivity index (χ3n) is 3.05. The second-order valence-corrected chi connectivity index (χ2v) is 8.16. The summed E-state index contributed by atoms with van der Waals surface area (Å²) in [6.07, 6.45) is 1.91. The van der Waals surface area contributed by atoms with Gasteiger partial charge in [0.1, 0.15) is 0 Å². The molecule has 1 aliphatic heterocycles. The van der Waals surface area contributed by atoms with Crippen LogP contribution in [0.1, 0.15) is 31.9 Å². The minimum Gasteiger partial charge on any atom is -0.256 e. The van der Waals surface area contributed by atoms with Crippen molar-refractivity contribution in [3.63, 3.8) is 0 Å². The van der Waals surface area contributed by atoms with Crippen molar-refractivity contribution >= 4 is 21.2 Å². The van der Waals surface area contributed by atoms with Crippen LogP contribution in [-0.4, -0.2) is 26.1 Å². The molecule has 98 valence electrons. The van der Waals surface area contributed by atoms with E-state index in [0.29, 0.717) is 6.42 Å². The Morgan fingerprint density at radius 1 is 1.28 bits per heavy atom. The standard InChI is InChI=1S/C14H19NO2S/c1-14(2,3)11-6-5-10-7-12(9-18(4,16)17)15-13(10)8-11/h5-6,8H,7,9H2,1-4H3. The summed E-state index contributed by atoms with van der Waals surface area (Å²) in [7, 11) is -2.99. The third kappa shape index (κ3) is 2.99. The van der Waals surface area contributed by atoms with Crippen molar-refractivity contribution in [3.8, 4) is 0 Å². The van der Waals surface area contributed by atoms with Gasteiger partial charge in [0.2, 0.25) is 0 Å². The number of hydrogen-bond acceptors (Lipinski definition) is 3. The predicted octanol–water partition coefficient (Wildman–Crippen LogP) is 2.66. The Morgan fingerprint density at radius 3 is 2.50 bits per heavy atom. The molecular weight excluding hydrogens is 246 g/mol. The van der Waals surface area contributed by atoms with Crippen LogP contribution >= 0.6 is 0 Å². The summed E-state index contributed by atoms with van der Waals surface area (Å²) in [5.74, 6) is 0.0620. The number of sulfone groups is 1. The van der Waals surface area contributed by atoms with Gasteiger partial charge in [0.15, 0.2) is 9.84 Å². The van der Waals surface area contributed by atoms with Crippen molar-refractivity contribution in [1.82, 2.24) is 0 Å². The molecule has 0 saturated heterocycles. The van der Waals surface area contributed by atoms with Crippen LogP contribution in [0.2, 0.25) is 0 Å². The van der Waals surface area contributed by atoms with Crippen LogP contribution in [0.25, 0.3) is 0 Å². The molecule has 1 heterocycles. The van der Waals surface area contributed by atoms with E-state index >= 15 is 0 Å². The molecule has 18 heavy (non-hydrogen) atoms. The smallest absolute Gasteiger partial charge is 0.152 e. The molecule has 0 bridgehead atoms. The Balaban J connectivity index is 2.32. The van der Waals surface area contributed by atoms with Crippen molar-refractivity contribution in [2.24, 2.45) is 4.99 Å². The molecule has 0 saturated carbocycles. The highest BCUT2D eigenvalue weighted by molar-refractivity contribution is 7.91. The van der Waals surface area contributed by atoms with Crippen LogP contribution in [0.5, 0.6) is 0 Å². The molecule has 1 aromatic rings. The predicted molar refractivity (Wildman–Crippen MR) is 75.7 cm³/mol. The number of rotatable bonds is 2. The largest absolute Gasteiger partial charge is 0.256 e. The van der Waals surface area contributed by atoms with Gasteiger partial charge in [-0.3, -0.25) is 4.99 Å². The SMILES string of the molecule is CC(C)(C)c1ccc2c(c1)N=C(CS(C)(=O)=O)C2. The van der Waals surface area contributed by atoms with E-state index in [-0.39, 0.29) is 11.2 Å². The second-order valence-electron chi connectivity index (χ2n) is 6.02. The zero-order valence-electron chi connectivity index (χ0n) is 11.3. The van der Waals surface area contributed by atoms with E-state index in [1.54, 1.807) is 0 Å². The lowest BCUT2D eigenvalue weighted by molar-refractivity contribution is 0.590. The van der Waals surface area contributed by atoms with Gasteiger partial charge >= 0.3 is 0 Å². The lowest BCUT2D eigenvalue weighted by Gasteiger charge is -2.19. The van der Waals surface area contributed by atoms with Crippen LogP contribution in [0.15, 0.2) is 23.2 Å². The minimum absolute atomic E-state index is 0.0620. The fraction of sp³-hybridized carbons (Fsp3) is 0.500. The van der Waals surface area contributed by atoms with Crippen LogP contribution in [0.3, 0.4) is 0 Å². The van der Waals surface area contributed by atoms with E-state index in [4.69, 9.17) is 0 Å². The molecule has 0 unspecified atom stereocenters. The first-order valence-electron chi connectivity index (χ1n) is 6.03. The summed E-state index contributed by atoms with van der Waals surface area (Å²) < 4.78 is 22.6. The van der Waals surface area contributed by atoms with Gasteiger partial charge in [-0.05, 0) is 22.6 Å². The maximum absolute atomic E-state index is 11.3. The molecule has 0 aromatic heterocycles. The first kappa shape index (κ1) is 13.3. The highest BCUT2D eigenvalue weighted by atomic mass is 32.2. The van der Waals surface area contributed by atoms with Crippen LogP contribution < -0.4 is 0 Å². The molecule has 0 atom stereocenters. The quantitative estimate of drug-likeness (QED) is 0.825. The Morgan fingerprint density at radius 2 is 1.94 bits per heavy atom. The topological polar surface area (TPSA) is 46.5 Å². The van der Waals surface area contributed by atoms with Crippen molar-refractivity contribution in [2.45, 2.75) is 32.6 Å². The lowest BCUT2D eigenvalue weighted by Crippen LogP contribution is -2.14. The first-order valence-corrected chi connectivity index (χ1v) is 8.09. The van der Waals surface area contributed by atoms with Gasteiger partial charge in [0.05, 0.1) is 11.4 Å². The van der Waals surface area contributed by atoms with E-state index in [0.717, 1.165) is 17.0 Å². The Bertz CT molecular complexity index is 607. The summed E-state index contributed by atoms with van der Waals surface area (Å²) in [6, 6.07) is 6.25. The summed E-state index contributed by atoms with van der Waals surface area (Å²) in [6.45, 7) is 6.47. The molecule has 2 rings (SSSR count).